The summed E-state index contributed by atoms with van der Waals surface area (Å²) >= 11 is 3.02. The number of methoxy groups -OCH3 is 1. The lowest BCUT2D eigenvalue weighted by Gasteiger charge is -2.11. The molecule has 0 aliphatic heterocycles. The van der Waals surface area contributed by atoms with E-state index in [4.69, 9.17) is 5.73 Å². The first kappa shape index (κ1) is 13.0. The van der Waals surface area contributed by atoms with Gasteiger partial charge in [0.2, 0.25) is 0 Å². The first-order chi connectivity index (χ1) is 7.51. The number of aromatic nitrogens is 1. The van der Waals surface area contributed by atoms with Gasteiger partial charge in [-0.2, -0.15) is 0 Å². The van der Waals surface area contributed by atoms with Gasteiger partial charge in [-0.1, -0.05) is 0 Å². The number of nitrogens with zero attached hydrogens (tertiary/aromatic N) is 1. The minimum absolute atomic E-state index is 0.0234. The van der Waals surface area contributed by atoms with Crippen molar-refractivity contribution in [2.24, 2.45) is 5.73 Å². The van der Waals surface area contributed by atoms with Crippen molar-refractivity contribution >= 4 is 21.9 Å². The van der Waals surface area contributed by atoms with E-state index in [2.05, 4.69) is 25.7 Å². The van der Waals surface area contributed by atoms with Gasteiger partial charge in [-0.05, 0) is 22.0 Å². The third kappa shape index (κ3) is 2.53. The number of rotatable bonds is 3. The fourth-order valence-corrected chi connectivity index (χ4v) is 1.69. The Kier molecular flexibility index (Phi) is 4.31. The van der Waals surface area contributed by atoms with Crippen LogP contribution in [0.2, 0.25) is 0 Å². The Morgan fingerprint density at radius 1 is 1.69 bits per heavy atom. The van der Waals surface area contributed by atoms with Crippen LogP contribution in [0.5, 0.6) is 0 Å². The Hall–Kier alpha value is -1.08. The Labute approximate surface area is 98.9 Å². The van der Waals surface area contributed by atoms with E-state index in [0.29, 0.717) is 0 Å². The number of halogens is 3. The van der Waals surface area contributed by atoms with E-state index < -0.39 is 18.0 Å². The van der Waals surface area contributed by atoms with Crippen molar-refractivity contribution < 1.29 is 18.3 Å². The molecule has 1 aromatic heterocycles. The highest BCUT2D eigenvalue weighted by molar-refractivity contribution is 9.10. The van der Waals surface area contributed by atoms with Gasteiger partial charge in [-0.3, -0.25) is 0 Å². The number of carbonyl (C=O) groups is 1. The summed E-state index contributed by atoms with van der Waals surface area (Å²) in [5.41, 5.74) is 4.58. The lowest BCUT2D eigenvalue weighted by atomic mass is 10.1. The molecule has 2 N–H and O–H groups in total. The molecule has 0 fully saturated rings. The number of carbonyl (C=O) groups excluding carboxylic acids is 1. The van der Waals surface area contributed by atoms with Crippen molar-refractivity contribution in [3.8, 4) is 0 Å². The molecule has 0 aromatic carbocycles. The Morgan fingerprint density at radius 3 is 2.75 bits per heavy atom. The van der Waals surface area contributed by atoms with Crippen molar-refractivity contribution in [2.45, 2.75) is 13.0 Å². The molecule has 0 spiro atoms. The molecule has 0 bridgehead atoms. The number of hydrogen-bond acceptors (Lipinski definition) is 4. The van der Waals surface area contributed by atoms with Gasteiger partial charge in [-0.25, -0.2) is 18.6 Å². The number of pyridine rings is 1. The molecule has 1 heterocycles. The number of nitrogens with two attached hydrogens (primary N) is 1. The lowest BCUT2D eigenvalue weighted by Crippen LogP contribution is -2.13. The minimum atomic E-state index is -2.83. The molecule has 0 aliphatic carbocycles. The van der Waals surface area contributed by atoms with Gasteiger partial charge >= 0.3 is 5.97 Å². The summed E-state index contributed by atoms with van der Waals surface area (Å²) in [5.74, 6) is -0.840. The second-order valence-corrected chi connectivity index (χ2v) is 3.66. The van der Waals surface area contributed by atoms with Crippen molar-refractivity contribution in [2.75, 3.05) is 7.11 Å². The highest BCUT2D eigenvalue weighted by Gasteiger charge is 2.24. The number of hydrogen-bond donors (Lipinski definition) is 1. The number of alkyl halides is 2. The first-order valence-electron chi connectivity index (χ1n) is 4.27. The SMILES string of the molecule is COC(=O)c1cc(Br)nc(CN)c1C(F)F. The molecule has 0 radical (unpaired) electrons. The highest BCUT2D eigenvalue weighted by atomic mass is 79.9. The monoisotopic (exact) mass is 294 g/mol. The lowest BCUT2D eigenvalue weighted by molar-refractivity contribution is 0.0588. The molecular weight excluding hydrogens is 286 g/mol. The molecule has 0 amide bonds. The summed E-state index contributed by atoms with van der Waals surface area (Å²) in [6, 6.07) is 1.19. The van der Waals surface area contributed by atoms with E-state index in [9.17, 15) is 13.6 Å². The molecule has 88 valence electrons. The van der Waals surface area contributed by atoms with Crippen LogP contribution in [0.3, 0.4) is 0 Å². The van der Waals surface area contributed by atoms with Crippen molar-refractivity contribution in [3.05, 3.63) is 27.5 Å². The van der Waals surface area contributed by atoms with Crippen molar-refractivity contribution in [1.82, 2.24) is 4.98 Å². The average Bonchev–Trinajstić information content (AvgIpc) is 2.26. The molecule has 0 unspecified atom stereocenters. The van der Waals surface area contributed by atoms with Crippen molar-refractivity contribution in [1.29, 1.82) is 0 Å². The van der Waals surface area contributed by atoms with E-state index in [1.165, 1.54) is 6.07 Å². The summed E-state index contributed by atoms with van der Waals surface area (Å²) in [7, 11) is 1.12. The number of esters is 1. The standard InChI is InChI=1S/C9H9BrF2N2O2/c1-16-9(15)4-2-6(10)14-5(3-13)7(4)8(11)12/h2,8H,3,13H2,1H3. The first-order valence-corrected chi connectivity index (χ1v) is 5.06. The van der Waals surface area contributed by atoms with Crippen LogP contribution in [0.25, 0.3) is 0 Å². The van der Waals surface area contributed by atoms with E-state index in [0.717, 1.165) is 7.11 Å². The zero-order valence-electron chi connectivity index (χ0n) is 8.34. The van der Waals surface area contributed by atoms with Gasteiger partial charge in [0.25, 0.3) is 6.43 Å². The maximum absolute atomic E-state index is 12.8. The summed E-state index contributed by atoms with van der Waals surface area (Å²) in [6.45, 7) is -0.177. The van der Waals surface area contributed by atoms with Crippen LogP contribution in [0.1, 0.15) is 28.0 Å². The summed E-state index contributed by atoms with van der Waals surface area (Å²) in [6.07, 6.45) is -2.83. The molecule has 0 saturated heterocycles. The molecule has 0 saturated carbocycles. The third-order valence-electron chi connectivity index (χ3n) is 1.92. The van der Waals surface area contributed by atoms with E-state index in [1.807, 2.05) is 0 Å². The van der Waals surface area contributed by atoms with Crippen LogP contribution in [-0.4, -0.2) is 18.1 Å². The Bertz CT molecular complexity index is 413. The predicted octanol–water partition coefficient (Wildman–Crippen LogP) is 2.03. The smallest absolute Gasteiger partial charge is 0.338 e. The molecule has 16 heavy (non-hydrogen) atoms. The summed E-state index contributed by atoms with van der Waals surface area (Å²) in [5, 5.41) is 0. The van der Waals surface area contributed by atoms with Gasteiger partial charge in [0.15, 0.2) is 0 Å². The van der Waals surface area contributed by atoms with Crippen LogP contribution in [0.4, 0.5) is 8.78 Å². The Balaban J connectivity index is 3.44. The molecule has 0 atom stereocenters. The van der Waals surface area contributed by atoms with Gasteiger partial charge in [0, 0.05) is 6.54 Å². The van der Waals surface area contributed by atoms with Crippen LogP contribution >= 0.6 is 15.9 Å². The van der Waals surface area contributed by atoms with Crippen LogP contribution < -0.4 is 5.73 Å². The average molecular weight is 295 g/mol. The molecule has 4 nitrogen and oxygen atoms in total. The summed E-state index contributed by atoms with van der Waals surface area (Å²) < 4.78 is 30.3. The fraction of sp³-hybridized carbons (Fsp3) is 0.333. The van der Waals surface area contributed by atoms with Crippen LogP contribution in [0.15, 0.2) is 10.7 Å². The molecular formula is C9H9BrF2N2O2. The number of ether oxygens (including phenoxy) is 1. The molecule has 1 rings (SSSR count). The topological polar surface area (TPSA) is 65.2 Å². The van der Waals surface area contributed by atoms with E-state index in [1.54, 1.807) is 0 Å². The van der Waals surface area contributed by atoms with Crippen molar-refractivity contribution in [3.63, 3.8) is 0 Å². The second kappa shape index (κ2) is 5.31. The van der Waals surface area contributed by atoms with E-state index in [-0.39, 0.29) is 22.4 Å². The minimum Gasteiger partial charge on any atom is -0.465 e. The van der Waals surface area contributed by atoms with Gasteiger partial charge in [-0.15, -0.1) is 0 Å². The van der Waals surface area contributed by atoms with Gasteiger partial charge in [0.1, 0.15) is 4.60 Å². The normalized spacial score (nSPS) is 10.6. The quantitative estimate of drug-likeness (QED) is 0.684. The van der Waals surface area contributed by atoms with Crippen LogP contribution in [-0.2, 0) is 11.3 Å². The van der Waals surface area contributed by atoms with Crippen LogP contribution in [0, 0.1) is 0 Å². The molecule has 0 aliphatic rings. The zero-order chi connectivity index (χ0) is 12.3. The van der Waals surface area contributed by atoms with E-state index >= 15 is 0 Å². The molecule has 7 heteroatoms. The molecule has 1 aromatic rings. The maximum Gasteiger partial charge on any atom is 0.338 e. The van der Waals surface area contributed by atoms with Gasteiger partial charge in [0.05, 0.1) is 23.9 Å². The largest absolute Gasteiger partial charge is 0.465 e. The highest BCUT2D eigenvalue weighted by Crippen LogP contribution is 2.28. The maximum atomic E-state index is 12.8. The zero-order valence-corrected chi connectivity index (χ0v) is 9.92. The Morgan fingerprint density at radius 2 is 2.31 bits per heavy atom. The van der Waals surface area contributed by atoms with Gasteiger partial charge < -0.3 is 10.5 Å². The summed E-state index contributed by atoms with van der Waals surface area (Å²) in [4.78, 5) is 15.1. The third-order valence-corrected chi connectivity index (χ3v) is 2.33. The predicted molar refractivity (Wildman–Crippen MR) is 56.1 cm³/mol. The second-order valence-electron chi connectivity index (χ2n) is 2.85. The fourth-order valence-electron chi connectivity index (χ4n) is 1.25.